The monoisotopic (exact) mass is 297 g/mol. The number of aromatic nitrogens is 2. The zero-order chi connectivity index (χ0) is 14.1. The second-order valence-electron chi connectivity index (χ2n) is 5.55. The van der Waals surface area contributed by atoms with E-state index >= 15 is 0 Å². The van der Waals surface area contributed by atoms with Gasteiger partial charge in [0.1, 0.15) is 0 Å². The lowest BCUT2D eigenvalue weighted by Crippen LogP contribution is -2.28. The highest BCUT2D eigenvalue weighted by atomic mass is 35.5. The first-order valence-electron chi connectivity index (χ1n) is 6.71. The molecule has 1 amide bonds. The molecule has 1 saturated heterocycles. The van der Waals surface area contributed by atoms with Crippen LogP contribution in [0.3, 0.4) is 0 Å². The molecule has 1 aliphatic heterocycles. The molecule has 1 aromatic rings. The number of nitrogens with zero attached hydrogens (tertiary/aromatic N) is 3. The van der Waals surface area contributed by atoms with Crippen molar-refractivity contribution in [3.05, 3.63) is 17.3 Å². The first kappa shape index (κ1) is 13.4. The third-order valence-electron chi connectivity index (χ3n) is 4.19. The van der Waals surface area contributed by atoms with Crippen molar-refractivity contribution < 1.29 is 14.6 Å². The number of halogens is 1. The molecule has 2 heterocycles. The lowest BCUT2D eigenvalue weighted by Gasteiger charge is -2.16. The van der Waals surface area contributed by atoms with Crippen LogP contribution in [0.25, 0.3) is 0 Å². The molecule has 3 atom stereocenters. The zero-order valence-electron chi connectivity index (χ0n) is 10.9. The molecule has 1 aromatic heterocycles. The van der Waals surface area contributed by atoms with Gasteiger partial charge in [-0.2, -0.15) is 0 Å². The van der Waals surface area contributed by atoms with Crippen molar-refractivity contribution in [1.29, 1.82) is 0 Å². The molecule has 2 fully saturated rings. The van der Waals surface area contributed by atoms with E-state index in [1.54, 1.807) is 12.1 Å². The summed E-state index contributed by atoms with van der Waals surface area (Å²) < 4.78 is 5.62. The molecule has 6 nitrogen and oxygen atoms in total. The van der Waals surface area contributed by atoms with E-state index < -0.39 is 6.09 Å². The lowest BCUT2D eigenvalue weighted by atomic mass is 10.0. The molecule has 3 rings (SSSR count). The van der Waals surface area contributed by atoms with Gasteiger partial charge in [-0.25, -0.2) is 4.79 Å². The van der Waals surface area contributed by atoms with E-state index in [1.807, 2.05) is 0 Å². The zero-order valence-corrected chi connectivity index (χ0v) is 11.7. The highest BCUT2D eigenvalue weighted by molar-refractivity contribution is 6.29. The molecule has 0 radical (unpaired) electrons. The molecular formula is C13H16ClN3O3. The van der Waals surface area contributed by atoms with E-state index in [9.17, 15) is 4.79 Å². The van der Waals surface area contributed by atoms with Crippen LogP contribution in [-0.2, 0) is 0 Å². The number of hydrogen-bond donors (Lipinski definition) is 1. The van der Waals surface area contributed by atoms with Gasteiger partial charge in [-0.1, -0.05) is 11.6 Å². The van der Waals surface area contributed by atoms with E-state index in [2.05, 4.69) is 10.2 Å². The van der Waals surface area contributed by atoms with Crippen LogP contribution in [-0.4, -0.2) is 46.0 Å². The van der Waals surface area contributed by atoms with E-state index in [-0.39, 0.29) is 0 Å². The Kier molecular flexibility index (Phi) is 3.65. The highest BCUT2D eigenvalue weighted by Crippen LogP contribution is 2.41. The minimum Gasteiger partial charge on any atom is -0.476 e. The quantitative estimate of drug-likeness (QED) is 0.925. The molecule has 0 bridgehead atoms. The van der Waals surface area contributed by atoms with E-state index in [0.717, 1.165) is 12.8 Å². The summed E-state index contributed by atoms with van der Waals surface area (Å²) in [7, 11) is 0. The van der Waals surface area contributed by atoms with Crippen molar-refractivity contribution in [3.63, 3.8) is 0 Å². The predicted octanol–water partition coefficient (Wildman–Crippen LogP) is 2.14. The fourth-order valence-electron chi connectivity index (χ4n) is 3.30. The summed E-state index contributed by atoms with van der Waals surface area (Å²) in [5.74, 6) is 1.92. The number of rotatable bonds is 3. The number of hydrogen-bond acceptors (Lipinski definition) is 4. The highest BCUT2D eigenvalue weighted by Gasteiger charge is 2.42. The lowest BCUT2D eigenvalue weighted by molar-refractivity contribution is 0.149. The Labute approximate surface area is 121 Å². The maximum atomic E-state index is 10.9. The van der Waals surface area contributed by atoms with Crippen LogP contribution in [0, 0.1) is 17.8 Å². The van der Waals surface area contributed by atoms with Crippen molar-refractivity contribution >= 4 is 17.7 Å². The Balaban J connectivity index is 1.48. The Morgan fingerprint density at radius 1 is 1.35 bits per heavy atom. The molecule has 0 aromatic carbocycles. The van der Waals surface area contributed by atoms with E-state index in [1.165, 1.54) is 4.90 Å². The van der Waals surface area contributed by atoms with Gasteiger partial charge in [-0.15, -0.1) is 10.2 Å². The predicted molar refractivity (Wildman–Crippen MR) is 71.8 cm³/mol. The second-order valence-corrected chi connectivity index (χ2v) is 5.94. The van der Waals surface area contributed by atoms with Gasteiger partial charge in [0.2, 0.25) is 5.88 Å². The number of likely N-dealkylation sites (tertiary alicyclic amines) is 1. The summed E-state index contributed by atoms with van der Waals surface area (Å²) in [6, 6.07) is 3.36. The van der Waals surface area contributed by atoms with Crippen LogP contribution in [0.2, 0.25) is 5.15 Å². The summed E-state index contributed by atoms with van der Waals surface area (Å²) in [5.41, 5.74) is 0. The number of ether oxygens (including phenoxy) is 1. The van der Waals surface area contributed by atoms with Gasteiger partial charge in [-0.05, 0) is 36.7 Å². The molecule has 20 heavy (non-hydrogen) atoms. The standard InChI is InChI=1S/C13H16ClN3O3/c14-11-1-2-12(16-15-11)20-7-8-3-9-5-17(13(18)19)6-10(9)4-8/h1-2,8-10H,3-7H2,(H,18,19)/t8?,9-,10+. The van der Waals surface area contributed by atoms with Gasteiger partial charge in [-0.3, -0.25) is 0 Å². The van der Waals surface area contributed by atoms with Gasteiger partial charge in [0.05, 0.1) is 6.61 Å². The average molecular weight is 298 g/mol. The second kappa shape index (κ2) is 5.44. The van der Waals surface area contributed by atoms with Crippen molar-refractivity contribution in [1.82, 2.24) is 15.1 Å². The summed E-state index contributed by atoms with van der Waals surface area (Å²) in [4.78, 5) is 12.5. The molecular weight excluding hydrogens is 282 g/mol. The normalized spacial score (nSPS) is 28.4. The third kappa shape index (κ3) is 2.80. The van der Waals surface area contributed by atoms with Gasteiger partial charge in [0, 0.05) is 19.2 Å². The van der Waals surface area contributed by atoms with Gasteiger partial charge < -0.3 is 14.7 Å². The maximum Gasteiger partial charge on any atom is 0.407 e. The van der Waals surface area contributed by atoms with Crippen molar-refractivity contribution in [2.75, 3.05) is 19.7 Å². The Hall–Kier alpha value is -1.56. The number of fused-ring (bicyclic) bond motifs is 1. The van der Waals surface area contributed by atoms with Gasteiger partial charge >= 0.3 is 6.09 Å². The molecule has 1 N–H and O–H groups in total. The van der Waals surface area contributed by atoms with Crippen LogP contribution in [0.15, 0.2) is 12.1 Å². The molecule has 1 saturated carbocycles. The summed E-state index contributed by atoms with van der Waals surface area (Å²) >= 11 is 5.66. The fourth-order valence-corrected chi connectivity index (χ4v) is 3.40. The first-order valence-corrected chi connectivity index (χ1v) is 7.09. The number of carbonyl (C=O) groups is 1. The Bertz CT molecular complexity index is 482. The smallest absolute Gasteiger partial charge is 0.407 e. The molecule has 7 heteroatoms. The molecule has 0 spiro atoms. The molecule has 1 unspecified atom stereocenters. The molecule has 108 valence electrons. The van der Waals surface area contributed by atoms with Gasteiger partial charge in [0.25, 0.3) is 0 Å². The van der Waals surface area contributed by atoms with E-state index in [4.69, 9.17) is 21.4 Å². The minimum atomic E-state index is -0.802. The number of carboxylic acid groups (broad SMARTS) is 1. The van der Waals surface area contributed by atoms with Crippen molar-refractivity contribution in [2.24, 2.45) is 17.8 Å². The molecule has 1 aliphatic carbocycles. The topological polar surface area (TPSA) is 75.5 Å². The van der Waals surface area contributed by atoms with Crippen LogP contribution < -0.4 is 4.74 Å². The number of amides is 1. The van der Waals surface area contributed by atoms with Crippen LogP contribution in [0.1, 0.15) is 12.8 Å². The summed E-state index contributed by atoms with van der Waals surface area (Å²) in [5, 5.41) is 16.9. The Morgan fingerprint density at radius 2 is 2.05 bits per heavy atom. The van der Waals surface area contributed by atoms with Crippen LogP contribution in [0.5, 0.6) is 5.88 Å². The van der Waals surface area contributed by atoms with Crippen LogP contribution >= 0.6 is 11.6 Å². The fraction of sp³-hybridized carbons (Fsp3) is 0.615. The van der Waals surface area contributed by atoms with Gasteiger partial charge in [0.15, 0.2) is 5.15 Å². The maximum absolute atomic E-state index is 10.9. The summed E-state index contributed by atoms with van der Waals surface area (Å²) in [6.07, 6.45) is 1.24. The third-order valence-corrected chi connectivity index (χ3v) is 4.40. The van der Waals surface area contributed by atoms with Crippen LogP contribution in [0.4, 0.5) is 4.79 Å². The van der Waals surface area contributed by atoms with E-state index in [0.29, 0.717) is 48.5 Å². The van der Waals surface area contributed by atoms with Crippen molar-refractivity contribution in [3.8, 4) is 5.88 Å². The first-order chi connectivity index (χ1) is 9.61. The average Bonchev–Trinajstić information content (AvgIpc) is 2.96. The Morgan fingerprint density at radius 3 is 2.60 bits per heavy atom. The SMILES string of the molecule is O=C(O)N1C[C@H]2CC(COc3ccc(Cl)nn3)C[C@H]2C1. The van der Waals surface area contributed by atoms with Crippen molar-refractivity contribution in [2.45, 2.75) is 12.8 Å². The summed E-state index contributed by atoms with van der Waals surface area (Å²) in [6.45, 7) is 1.94. The minimum absolute atomic E-state index is 0.349. The largest absolute Gasteiger partial charge is 0.476 e. The molecule has 2 aliphatic rings.